The molecule has 0 bridgehead atoms. The van der Waals surface area contributed by atoms with Gasteiger partial charge < -0.3 is 10.1 Å². The number of rotatable bonds is 5. The number of thiophene rings is 1. The van der Waals surface area contributed by atoms with E-state index in [4.69, 9.17) is 4.74 Å². The molecule has 0 saturated carbocycles. The monoisotopic (exact) mass is 331 g/mol. The van der Waals surface area contributed by atoms with Gasteiger partial charge in [0.05, 0.1) is 12.7 Å². The molecule has 2 N–H and O–H groups in total. The molecule has 2 amide bonds. The van der Waals surface area contributed by atoms with Gasteiger partial charge >= 0.3 is 0 Å². The smallest absolute Gasteiger partial charge is 0.274 e. The molecule has 0 saturated heterocycles. The number of anilines is 1. The molecule has 1 aromatic carbocycles. The number of carbonyl (C=O) groups excluding carboxylic acids is 2. The van der Waals surface area contributed by atoms with Gasteiger partial charge in [0, 0.05) is 11.3 Å². The van der Waals surface area contributed by atoms with Crippen LogP contribution in [0.4, 0.5) is 5.00 Å². The Morgan fingerprint density at radius 3 is 2.39 bits per heavy atom. The third-order valence-corrected chi connectivity index (χ3v) is 3.70. The predicted molar refractivity (Wildman–Crippen MR) is 91.5 cm³/mol. The summed E-state index contributed by atoms with van der Waals surface area (Å²) in [7, 11) is 1.56. The van der Waals surface area contributed by atoms with Crippen LogP contribution in [0, 0.1) is 0 Å². The van der Waals surface area contributed by atoms with Gasteiger partial charge in [-0.05, 0) is 49.6 Å². The van der Waals surface area contributed by atoms with Crippen LogP contribution in [0.3, 0.4) is 0 Å². The number of hydrazone groups is 1. The van der Waals surface area contributed by atoms with Crippen molar-refractivity contribution in [2.75, 3.05) is 12.4 Å². The van der Waals surface area contributed by atoms with Crippen molar-refractivity contribution in [3.63, 3.8) is 0 Å². The molecular weight excluding hydrogens is 314 g/mol. The maximum atomic E-state index is 12.2. The van der Waals surface area contributed by atoms with E-state index in [0.717, 1.165) is 5.71 Å². The molecule has 2 aromatic rings. The molecule has 7 heteroatoms. The summed E-state index contributed by atoms with van der Waals surface area (Å²) < 4.78 is 5.06. The van der Waals surface area contributed by atoms with Crippen molar-refractivity contribution in [1.82, 2.24) is 5.43 Å². The highest BCUT2D eigenvalue weighted by molar-refractivity contribution is 7.14. The van der Waals surface area contributed by atoms with Gasteiger partial charge in [-0.25, -0.2) is 5.43 Å². The van der Waals surface area contributed by atoms with Crippen LogP contribution in [0.15, 0.2) is 40.8 Å². The van der Waals surface area contributed by atoms with Crippen molar-refractivity contribution >= 4 is 33.9 Å². The zero-order valence-electron chi connectivity index (χ0n) is 13.0. The first-order valence-electron chi connectivity index (χ1n) is 6.85. The van der Waals surface area contributed by atoms with Crippen LogP contribution in [-0.4, -0.2) is 24.6 Å². The van der Waals surface area contributed by atoms with Gasteiger partial charge in [-0.15, -0.1) is 11.3 Å². The number of nitrogens with zero attached hydrogens (tertiary/aromatic N) is 1. The van der Waals surface area contributed by atoms with Gasteiger partial charge in [0.15, 0.2) is 0 Å². The highest BCUT2D eigenvalue weighted by Crippen LogP contribution is 2.24. The second kappa shape index (κ2) is 7.55. The summed E-state index contributed by atoms with van der Waals surface area (Å²) >= 11 is 1.28. The van der Waals surface area contributed by atoms with E-state index in [0.29, 0.717) is 21.9 Å². The molecule has 0 fully saturated rings. The first-order chi connectivity index (χ1) is 11.0. The Morgan fingerprint density at radius 1 is 1.09 bits per heavy atom. The third-order valence-electron chi connectivity index (χ3n) is 2.87. The summed E-state index contributed by atoms with van der Waals surface area (Å²) in [6, 6.07) is 8.37. The quantitative estimate of drug-likeness (QED) is 0.652. The molecule has 2 rings (SSSR count). The molecule has 6 nitrogen and oxygen atoms in total. The first-order valence-corrected chi connectivity index (χ1v) is 7.73. The van der Waals surface area contributed by atoms with E-state index in [9.17, 15) is 9.59 Å². The van der Waals surface area contributed by atoms with Gasteiger partial charge in [-0.2, -0.15) is 5.10 Å². The van der Waals surface area contributed by atoms with E-state index >= 15 is 0 Å². The first kappa shape index (κ1) is 16.7. The van der Waals surface area contributed by atoms with E-state index in [2.05, 4.69) is 15.8 Å². The van der Waals surface area contributed by atoms with Crippen LogP contribution < -0.4 is 15.5 Å². The van der Waals surface area contributed by atoms with Crippen molar-refractivity contribution in [1.29, 1.82) is 0 Å². The van der Waals surface area contributed by atoms with Crippen molar-refractivity contribution in [2.45, 2.75) is 13.8 Å². The molecule has 23 heavy (non-hydrogen) atoms. The number of hydrogen-bond acceptors (Lipinski definition) is 5. The van der Waals surface area contributed by atoms with E-state index in [1.807, 2.05) is 0 Å². The molecule has 1 heterocycles. The predicted octanol–water partition coefficient (Wildman–Crippen LogP) is 3.13. The molecular formula is C16H17N3O3S. The van der Waals surface area contributed by atoms with Gasteiger partial charge in [0.25, 0.3) is 11.8 Å². The number of benzene rings is 1. The fourth-order valence-electron chi connectivity index (χ4n) is 1.73. The van der Waals surface area contributed by atoms with Gasteiger partial charge in [-0.3, -0.25) is 9.59 Å². The van der Waals surface area contributed by atoms with Gasteiger partial charge in [0.2, 0.25) is 0 Å². The molecule has 1 aromatic heterocycles. The maximum absolute atomic E-state index is 12.2. The molecule has 0 aliphatic carbocycles. The Bertz CT molecular complexity index is 731. The summed E-state index contributed by atoms with van der Waals surface area (Å²) in [5.74, 6) is 0.0161. The summed E-state index contributed by atoms with van der Waals surface area (Å²) in [4.78, 5) is 24.3. The molecule has 0 aliphatic heterocycles. The van der Waals surface area contributed by atoms with Crippen molar-refractivity contribution in [3.8, 4) is 5.75 Å². The molecule has 0 radical (unpaired) electrons. The Balaban J connectivity index is 2.11. The number of methoxy groups -OCH3 is 1. The van der Waals surface area contributed by atoms with E-state index in [1.165, 1.54) is 11.3 Å². The van der Waals surface area contributed by atoms with Crippen LogP contribution >= 0.6 is 11.3 Å². The lowest BCUT2D eigenvalue weighted by Gasteiger charge is -2.06. The lowest BCUT2D eigenvalue weighted by atomic mass is 10.2. The van der Waals surface area contributed by atoms with E-state index in [-0.39, 0.29) is 11.8 Å². The average molecular weight is 331 g/mol. The largest absolute Gasteiger partial charge is 0.497 e. The minimum absolute atomic E-state index is 0.292. The molecule has 0 aliphatic rings. The van der Waals surface area contributed by atoms with Crippen molar-refractivity contribution in [2.24, 2.45) is 5.10 Å². The number of ether oxygens (including phenoxy) is 1. The SMILES string of the molecule is COc1ccc(C(=O)Nc2sccc2C(=O)NN=C(C)C)cc1. The molecule has 0 unspecified atom stereocenters. The Labute approximate surface area is 138 Å². The topological polar surface area (TPSA) is 79.8 Å². The molecule has 120 valence electrons. The lowest BCUT2D eigenvalue weighted by molar-refractivity contribution is 0.0956. The van der Waals surface area contributed by atoms with Crippen LogP contribution in [0.1, 0.15) is 34.6 Å². The summed E-state index contributed by atoms with van der Waals surface area (Å²) in [6.07, 6.45) is 0. The minimum Gasteiger partial charge on any atom is -0.497 e. The normalized spacial score (nSPS) is 9.87. The van der Waals surface area contributed by atoms with Crippen LogP contribution in [-0.2, 0) is 0 Å². The fraction of sp³-hybridized carbons (Fsp3) is 0.188. The number of nitrogens with one attached hydrogen (secondary N) is 2. The van der Waals surface area contributed by atoms with Crippen molar-refractivity contribution < 1.29 is 14.3 Å². The van der Waals surface area contributed by atoms with Crippen molar-refractivity contribution in [3.05, 3.63) is 46.8 Å². The second-order valence-corrected chi connectivity index (χ2v) is 5.76. The van der Waals surface area contributed by atoms with Crippen LogP contribution in [0.25, 0.3) is 0 Å². The standard InChI is InChI=1S/C16H17N3O3S/c1-10(2)18-19-15(21)13-8-9-23-16(13)17-14(20)11-4-6-12(22-3)7-5-11/h4-9H,1-3H3,(H,17,20)(H,19,21). The number of amides is 2. The Kier molecular flexibility index (Phi) is 5.48. The van der Waals surface area contributed by atoms with Crippen LogP contribution in [0.5, 0.6) is 5.75 Å². The van der Waals surface area contributed by atoms with E-state index < -0.39 is 0 Å². The molecule has 0 atom stereocenters. The summed E-state index contributed by atoms with van der Waals surface area (Å²) in [6.45, 7) is 3.56. The second-order valence-electron chi connectivity index (χ2n) is 4.85. The molecule has 0 spiro atoms. The fourth-order valence-corrected chi connectivity index (χ4v) is 2.50. The highest BCUT2D eigenvalue weighted by atomic mass is 32.1. The lowest BCUT2D eigenvalue weighted by Crippen LogP contribution is -2.20. The zero-order chi connectivity index (χ0) is 16.8. The zero-order valence-corrected chi connectivity index (χ0v) is 13.9. The van der Waals surface area contributed by atoms with Crippen LogP contribution in [0.2, 0.25) is 0 Å². The third kappa shape index (κ3) is 4.40. The van der Waals surface area contributed by atoms with E-state index in [1.54, 1.807) is 56.7 Å². The van der Waals surface area contributed by atoms with Gasteiger partial charge in [0.1, 0.15) is 10.8 Å². The maximum Gasteiger partial charge on any atom is 0.274 e. The highest BCUT2D eigenvalue weighted by Gasteiger charge is 2.15. The Morgan fingerprint density at radius 2 is 1.78 bits per heavy atom. The number of carbonyl (C=O) groups is 2. The number of hydrogen-bond donors (Lipinski definition) is 2. The summed E-state index contributed by atoms with van der Waals surface area (Å²) in [5.41, 5.74) is 4.03. The van der Waals surface area contributed by atoms with Gasteiger partial charge in [-0.1, -0.05) is 0 Å². The Hall–Kier alpha value is -2.67. The minimum atomic E-state index is -0.363. The average Bonchev–Trinajstić information content (AvgIpc) is 3.00. The summed E-state index contributed by atoms with van der Waals surface area (Å²) in [5, 5.41) is 8.83.